The number of hydrogen-bond acceptors (Lipinski definition) is 6. The number of anilines is 1. The number of piperidine rings is 1. The van der Waals surface area contributed by atoms with Crippen molar-refractivity contribution in [3.8, 4) is 6.07 Å². The van der Waals surface area contributed by atoms with Crippen molar-refractivity contribution < 1.29 is 14.3 Å². The van der Waals surface area contributed by atoms with E-state index in [2.05, 4.69) is 5.32 Å². The summed E-state index contributed by atoms with van der Waals surface area (Å²) in [6.45, 7) is 3.73. The standard InChI is InChI=1S/C15H19N3O3S/c1-2-21-15(20)12-4-3-6-18(9-12)10-13(19)17-14-11(8-16)5-7-22-14/h5,7,12H,2-4,6,9-10H2,1H3,(H,17,19)/t12-/m0/s1. The second-order valence-electron chi connectivity index (χ2n) is 5.15. The van der Waals surface area contributed by atoms with Gasteiger partial charge in [-0.1, -0.05) is 0 Å². The average Bonchev–Trinajstić information content (AvgIpc) is 2.94. The molecule has 1 saturated heterocycles. The molecule has 1 N–H and O–H groups in total. The molecule has 22 heavy (non-hydrogen) atoms. The average molecular weight is 321 g/mol. The monoisotopic (exact) mass is 321 g/mol. The maximum Gasteiger partial charge on any atom is 0.310 e. The van der Waals surface area contributed by atoms with Gasteiger partial charge in [0, 0.05) is 6.54 Å². The van der Waals surface area contributed by atoms with Crippen molar-refractivity contribution in [3.63, 3.8) is 0 Å². The minimum atomic E-state index is -0.183. The molecule has 1 amide bonds. The summed E-state index contributed by atoms with van der Waals surface area (Å²) in [6, 6.07) is 3.72. The van der Waals surface area contributed by atoms with Crippen LogP contribution in [-0.2, 0) is 14.3 Å². The number of hydrogen-bond donors (Lipinski definition) is 1. The maximum atomic E-state index is 12.1. The van der Waals surface area contributed by atoms with Gasteiger partial charge in [-0.3, -0.25) is 14.5 Å². The maximum absolute atomic E-state index is 12.1. The molecule has 2 heterocycles. The largest absolute Gasteiger partial charge is 0.466 e. The number of carbonyl (C=O) groups is 2. The number of nitriles is 1. The topological polar surface area (TPSA) is 82.4 Å². The summed E-state index contributed by atoms with van der Waals surface area (Å²) in [4.78, 5) is 25.8. The zero-order chi connectivity index (χ0) is 15.9. The third kappa shape index (κ3) is 4.29. The minimum Gasteiger partial charge on any atom is -0.466 e. The van der Waals surface area contributed by atoms with Crippen molar-refractivity contribution in [2.45, 2.75) is 19.8 Å². The zero-order valence-corrected chi connectivity index (χ0v) is 13.3. The molecule has 1 aliphatic heterocycles. The van der Waals surface area contributed by atoms with Gasteiger partial charge in [0.25, 0.3) is 0 Å². The summed E-state index contributed by atoms with van der Waals surface area (Å²) in [5.41, 5.74) is 0.474. The van der Waals surface area contributed by atoms with E-state index in [0.717, 1.165) is 19.4 Å². The molecule has 0 spiro atoms. The SMILES string of the molecule is CCOC(=O)[C@H]1CCCN(CC(=O)Nc2sccc2C#N)C1. The molecule has 2 rings (SSSR count). The number of nitrogens with zero attached hydrogens (tertiary/aromatic N) is 2. The van der Waals surface area contributed by atoms with Crippen molar-refractivity contribution in [1.82, 2.24) is 4.90 Å². The van der Waals surface area contributed by atoms with E-state index in [1.807, 2.05) is 11.0 Å². The Morgan fingerprint density at radius 2 is 2.41 bits per heavy atom. The molecule has 0 aromatic carbocycles. The van der Waals surface area contributed by atoms with Gasteiger partial charge >= 0.3 is 5.97 Å². The zero-order valence-electron chi connectivity index (χ0n) is 12.5. The third-order valence-corrected chi connectivity index (χ3v) is 4.36. The summed E-state index contributed by atoms with van der Waals surface area (Å²) in [5.74, 6) is -0.501. The van der Waals surface area contributed by atoms with Crippen LogP contribution in [0.1, 0.15) is 25.3 Å². The first-order valence-electron chi connectivity index (χ1n) is 7.30. The van der Waals surface area contributed by atoms with E-state index in [9.17, 15) is 9.59 Å². The first-order valence-corrected chi connectivity index (χ1v) is 8.18. The Labute approximate surface area is 133 Å². The fraction of sp³-hybridized carbons (Fsp3) is 0.533. The molecule has 1 aromatic heterocycles. The molecule has 0 unspecified atom stereocenters. The van der Waals surface area contributed by atoms with Crippen molar-refractivity contribution in [2.24, 2.45) is 5.92 Å². The molecular formula is C15H19N3O3S. The summed E-state index contributed by atoms with van der Waals surface area (Å²) >= 11 is 1.33. The molecule has 0 saturated carbocycles. The lowest BCUT2D eigenvalue weighted by Crippen LogP contribution is -2.43. The van der Waals surface area contributed by atoms with Crippen LogP contribution < -0.4 is 5.32 Å². The molecule has 7 heteroatoms. The molecule has 1 atom stereocenters. The molecule has 1 aliphatic rings. The lowest BCUT2D eigenvalue weighted by Gasteiger charge is -2.30. The van der Waals surface area contributed by atoms with Crippen molar-refractivity contribution >= 4 is 28.2 Å². The minimum absolute atomic E-state index is 0.155. The number of likely N-dealkylation sites (tertiary alicyclic amines) is 1. The number of carbonyl (C=O) groups excluding carboxylic acids is 2. The van der Waals surface area contributed by atoms with Crippen LogP contribution in [-0.4, -0.2) is 43.0 Å². The Balaban J connectivity index is 1.86. The molecule has 118 valence electrons. The van der Waals surface area contributed by atoms with Gasteiger partial charge in [-0.15, -0.1) is 11.3 Å². The van der Waals surface area contributed by atoms with E-state index >= 15 is 0 Å². The number of esters is 1. The fourth-order valence-corrected chi connectivity index (χ4v) is 3.27. The molecule has 1 aromatic rings. The molecule has 6 nitrogen and oxygen atoms in total. The predicted molar refractivity (Wildman–Crippen MR) is 83.5 cm³/mol. The van der Waals surface area contributed by atoms with E-state index in [4.69, 9.17) is 10.00 Å². The number of nitrogens with one attached hydrogen (secondary N) is 1. The molecule has 0 aliphatic carbocycles. The molecule has 0 radical (unpaired) electrons. The highest BCUT2D eigenvalue weighted by atomic mass is 32.1. The first-order chi connectivity index (χ1) is 10.6. The van der Waals surface area contributed by atoms with Crippen molar-refractivity contribution in [1.29, 1.82) is 5.26 Å². The highest BCUT2D eigenvalue weighted by molar-refractivity contribution is 7.14. The van der Waals surface area contributed by atoms with Crippen molar-refractivity contribution in [3.05, 3.63) is 17.0 Å². The fourth-order valence-electron chi connectivity index (χ4n) is 2.52. The van der Waals surface area contributed by atoms with E-state index in [-0.39, 0.29) is 24.3 Å². The molecule has 0 bridgehead atoms. The Morgan fingerprint density at radius 1 is 1.59 bits per heavy atom. The lowest BCUT2D eigenvalue weighted by molar-refractivity contribution is -0.150. The van der Waals surface area contributed by atoms with E-state index in [1.54, 1.807) is 18.4 Å². The normalized spacial score (nSPS) is 18.5. The van der Waals surface area contributed by atoms with Crippen LogP contribution in [0.3, 0.4) is 0 Å². The molecular weight excluding hydrogens is 302 g/mol. The van der Waals surface area contributed by atoms with Crippen LogP contribution in [0.25, 0.3) is 0 Å². The Kier molecular flexibility index (Phi) is 5.92. The number of ether oxygens (including phenoxy) is 1. The number of thiophene rings is 1. The summed E-state index contributed by atoms with van der Waals surface area (Å²) < 4.78 is 5.05. The number of rotatable bonds is 5. The number of amides is 1. The lowest BCUT2D eigenvalue weighted by atomic mass is 9.98. The summed E-state index contributed by atoms with van der Waals surface area (Å²) in [7, 11) is 0. The van der Waals surface area contributed by atoms with Gasteiger partial charge in [-0.2, -0.15) is 5.26 Å². The summed E-state index contributed by atoms with van der Waals surface area (Å²) in [5, 5.41) is 14.0. The van der Waals surface area contributed by atoms with Crippen LogP contribution in [0.2, 0.25) is 0 Å². The second kappa shape index (κ2) is 7.92. The van der Waals surface area contributed by atoms with Gasteiger partial charge < -0.3 is 10.1 Å². The van der Waals surface area contributed by atoms with Gasteiger partial charge in [-0.25, -0.2) is 0 Å². The Bertz CT molecular complexity index is 579. The van der Waals surface area contributed by atoms with Crippen LogP contribution in [0.15, 0.2) is 11.4 Å². The van der Waals surface area contributed by atoms with Crippen molar-refractivity contribution in [2.75, 3.05) is 31.6 Å². The van der Waals surface area contributed by atoms with E-state index in [1.165, 1.54) is 11.3 Å². The Hall–Kier alpha value is -1.91. The highest BCUT2D eigenvalue weighted by Gasteiger charge is 2.27. The van der Waals surface area contributed by atoms with Crippen LogP contribution in [0, 0.1) is 17.2 Å². The summed E-state index contributed by atoms with van der Waals surface area (Å²) in [6.07, 6.45) is 1.68. The van der Waals surface area contributed by atoms with Crippen LogP contribution in [0.5, 0.6) is 0 Å². The Morgan fingerprint density at radius 3 is 3.14 bits per heavy atom. The van der Waals surface area contributed by atoms with E-state index in [0.29, 0.717) is 23.7 Å². The van der Waals surface area contributed by atoms with Crippen LogP contribution >= 0.6 is 11.3 Å². The van der Waals surface area contributed by atoms with Gasteiger partial charge in [0.1, 0.15) is 11.1 Å². The van der Waals surface area contributed by atoms with Gasteiger partial charge in [0.05, 0.1) is 24.6 Å². The highest BCUT2D eigenvalue weighted by Crippen LogP contribution is 2.22. The third-order valence-electron chi connectivity index (χ3n) is 3.53. The smallest absolute Gasteiger partial charge is 0.310 e. The van der Waals surface area contributed by atoms with Gasteiger partial charge in [0.2, 0.25) is 5.91 Å². The van der Waals surface area contributed by atoms with E-state index < -0.39 is 0 Å². The molecule has 1 fully saturated rings. The van der Waals surface area contributed by atoms with Gasteiger partial charge in [0.15, 0.2) is 0 Å². The second-order valence-corrected chi connectivity index (χ2v) is 6.07. The predicted octanol–water partition coefficient (Wildman–Crippen LogP) is 1.83. The first kappa shape index (κ1) is 16.5. The quantitative estimate of drug-likeness (QED) is 0.837. The van der Waals surface area contributed by atoms with Crippen LogP contribution in [0.4, 0.5) is 5.00 Å². The van der Waals surface area contributed by atoms with Gasteiger partial charge in [-0.05, 0) is 37.8 Å².